The lowest BCUT2D eigenvalue weighted by atomic mass is 10.0. The summed E-state index contributed by atoms with van der Waals surface area (Å²) in [5, 5.41) is 0. The number of carbonyl (C=O) groups excluding carboxylic acids is 2. The van der Waals surface area contributed by atoms with Crippen molar-refractivity contribution in [3.05, 3.63) is 170 Å². The minimum absolute atomic E-state index is 0.0446. The molecule has 2 unspecified atom stereocenters. The number of unbranched alkanes of at least 4 members (excludes halogenated alkanes) is 20. The number of rotatable bonds is 62. The van der Waals surface area contributed by atoms with Gasteiger partial charge in [-0.05, 0) is 128 Å². The van der Waals surface area contributed by atoms with E-state index in [1.165, 1.54) is 89.9 Å². The van der Waals surface area contributed by atoms with Gasteiger partial charge in [-0.2, -0.15) is 0 Å². The van der Waals surface area contributed by atoms with Crippen LogP contribution in [0.1, 0.15) is 258 Å². The summed E-state index contributed by atoms with van der Waals surface area (Å²) in [7, 11) is 1.13. The van der Waals surface area contributed by atoms with Gasteiger partial charge in [-0.15, -0.1) is 0 Å². The molecule has 0 heterocycles. The summed E-state index contributed by atoms with van der Waals surface area (Å²) in [4.78, 5) is 38.1. The van der Waals surface area contributed by atoms with Crippen LogP contribution < -0.4 is 4.89 Å². The van der Waals surface area contributed by atoms with E-state index in [0.29, 0.717) is 17.4 Å². The number of hydrogen-bond acceptors (Lipinski definition) is 8. The number of phosphoric ester groups is 1. The van der Waals surface area contributed by atoms with Crippen LogP contribution in [0.25, 0.3) is 0 Å². The monoisotopic (exact) mass is 1240 g/mol. The van der Waals surface area contributed by atoms with Crippen molar-refractivity contribution in [2.45, 2.75) is 264 Å². The molecule has 10 heteroatoms. The molecule has 0 aromatic rings. The number of nitrogens with zero attached hydrogens (tertiary/aromatic N) is 1. The Morgan fingerprint density at radius 1 is 0.352 bits per heavy atom. The van der Waals surface area contributed by atoms with E-state index in [9.17, 15) is 19.0 Å². The van der Waals surface area contributed by atoms with E-state index in [1.807, 2.05) is 21.1 Å². The molecule has 0 aromatic carbocycles. The maximum atomic E-state index is 12.9. The van der Waals surface area contributed by atoms with Crippen molar-refractivity contribution >= 4 is 19.8 Å². The van der Waals surface area contributed by atoms with Crippen LogP contribution in [-0.2, 0) is 32.7 Å². The molecule has 2 atom stereocenters. The minimum Gasteiger partial charge on any atom is -0.756 e. The van der Waals surface area contributed by atoms with Crippen LogP contribution in [0.2, 0.25) is 0 Å². The molecule has 0 N–H and O–H groups in total. The number of quaternary nitrogens is 1. The van der Waals surface area contributed by atoms with Gasteiger partial charge in [0.1, 0.15) is 19.8 Å². The Morgan fingerprint density at radius 2 is 0.614 bits per heavy atom. The van der Waals surface area contributed by atoms with Gasteiger partial charge in [-0.1, -0.05) is 287 Å². The average molecular weight is 1240 g/mol. The van der Waals surface area contributed by atoms with Crippen LogP contribution in [0.15, 0.2) is 170 Å². The lowest BCUT2D eigenvalue weighted by Crippen LogP contribution is -2.37. The fourth-order valence-electron chi connectivity index (χ4n) is 8.97. The van der Waals surface area contributed by atoms with Gasteiger partial charge in [0, 0.05) is 12.8 Å². The summed E-state index contributed by atoms with van der Waals surface area (Å²) in [6.07, 6.45) is 101. The first kappa shape index (κ1) is 83.4. The summed E-state index contributed by atoms with van der Waals surface area (Å²) < 4.78 is 34.3. The second-order valence-electron chi connectivity index (χ2n) is 23.8. The number of carbonyl (C=O) groups is 2. The highest BCUT2D eigenvalue weighted by Crippen LogP contribution is 2.38. The van der Waals surface area contributed by atoms with Crippen LogP contribution >= 0.6 is 7.82 Å². The molecule has 0 aliphatic heterocycles. The third kappa shape index (κ3) is 70.5. The van der Waals surface area contributed by atoms with Gasteiger partial charge in [-0.3, -0.25) is 14.2 Å². The molecule has 0 aliphatic carbocycles. The molecule has 9 nitrogen and oxygen atoms in total. The van der Waals surface area contributed by atoms with Crippen molar-refractivity contribution in [3.63, 3.8) is 0 Å². The van der Waals surface area contributed by atoms with Crippen molar-refractivity contribution in [2.75, 3.05) is 47.5 Å². The molecule has 0 aliphatic rings. The Balaban J connectivity index is 4.14. The highest BCUT2D eigenvalue weighted by atomic mass is 31.2. The number of hydrogen-bond donors (Lipinski definition) is 0. The third-order valence-corrected chi connectivity index (χ3v) is 15.2. The number of ether oxygens (including phenoxy) is 2. The topological polar surface area (TPSA) is 111 Å². The fraction of sp³-hybridized carbons (Fsp3) is 0.615. The van der Waals surface area contributed by atoms with Crippen molar-refractivity contribution in [2.24, 2.45) is 0 Å². The average Bonchev–Trinajstić information content (AvgIpc) is 3.68. The second kappa shape index (κ2) is 66.8. The predicted octanol–water partition coefficient (Wildman–Crippen LogP) is 22.3. The molecule has 0 saturated carbocycles. The van der Waals surface area contributed by atoms with Gasteiger partial charge in [-0.25, -0.2) is 0 Å². The molecule has 0 fully saturated rings. The Morgan fingerprint density at radius 3 is 0.909 bits per heavy atom. The van der Waals surface area contributed by atoms with Crippen molar-refractivity contribution in [3.8, 4) is 0 Å². The molecule has 0 radical (unpaired) electrons. The summed E-state index contributed by atoms with van der Waals surface area (Å²) in [5.41, 5.74) is 0. The second-order valence-corrected chi connectivity index (χ2v) is 25.2. The number of likely N-dealkylation sites (N-methyl/N-ethyl adjacent to an activating group) is 1. The van der Waals surface area contributed by atoms with E-state index in [1.54, 1.807) is 0 Å². The Hall–Kier alpha value is -4.63. The van der Waals surface area contributed by atoms with E-state index in [4.69, 9.17) is 18.5 Å². The lowest BCUT2D eigenvalue weighted by molar-refractivity contribution is -0.870. The number of allylic oxidation sites excluding steroid dienone is 28. The Kier molecular flexibility index (Phi) is 63.3. The van der Waals surface area contributed by atoms with Gasteiger partial charge in [0.15, 0.2) is 6.10 Å². The molecule has 0 spiro atoms. The summed E-state index contributed by atoms with van der Waals surface area (Å²) in [6, 6.07) is 0. The van der Waals surface area contributed by atoms with Crippen molar-refractivity contribution < 1.29 is 42.1 Å². The Bertz CT molecular complexity index is 2090. The van der Waals surface area contributed by atoms with Crippen LogP contribution in [-0.4, -0.2) is 70.0 Å². The molecule has 498 valence electrons. The third-order valence-electron chi connectivity index (χ3n) is 14.2. The van der Waals surface area contributed by atoms with Crippen LogP contribution in [0.5, 0.6) is 0 Å². The fourth-order valence-corrected chi connectivity index (χ4v) is 9.70. The smallest absolute Gasteiger partial charge is 0.306 e. The maximum Gasteiger partial charge on any atom is 0.306 e. The number of esters is 2. The molecule has 0 saturated heterocycles. The van der Waals surface area contributed by atoms with Crippen molar-refractivity contribution in [1.82, 2.24) is 0 Å². The van der Waals surface area contributed by atoms with Gasteiger partial charge in [0.05, 0.1) is 27.7 Å². The van der Waals surface area contributed by atoms with E-state index < -0.39 is 32.5 Å². The molecule has 88 heavy (non-hydrogen) atoms. The molecular formula is C78H128NO8P. The van der Waals surface area contributed by atoms with Crippen molar-refractivity contribution in [1.29, 1.82) is 0 Å². The SMILES string of the molecule is CC/C=C\C/C=C\C/C=C\C/C=C\C/C=C\C/C=C\C/C=C\C/C=C\CCCCCCC(=O)OC(COC(=O)CCCCCCCCCCCCCCCCCC/C=C\C/C=C\C/C=C\C/C=C\C/C=C\C/C=C\CC)COP(=O)([O-])OCC[N+](C)(C)C. The largest absolute Gasteiger partial charge is 0.756 e. The normalized spacial score (nSPS) is 14.2. The maximum absolute atomic E-state index is 12.9. The molecule has 0 bridgehead atoms. The van der Waals surface area contributed by atoms with Crippen LogP contribution in [0, 0.1) is 0 Å². The van der Waals surface area contributed by atoms with Crippen LogP contribution in [0.3, 0.4) is 0 Å². The molecular weight excluding hydrogens is 1110 g/mol. The zero-order valence-electron chi connectivity index (χ0n) is 56.6. The molecule has 0 rings (SSSR count). The minimum atomic E-state index is -4.66. The standard InChI is InChI=1S/C78H128NO8P/c1-6-8-10-12-14-16-18-20-22-24-26-28-30-32-34-36-37-38-39-40-41-43-44-46-48-50-52-54-56-58-60-62-64-66-68-70-77(80)84-74-76(75-86-88(82,83)85-73-72-79(3,4)5)87-78(81)71-69-67-65-63-61-59-57-55-53-51-49-47-45-42-35-33-31-29-27-25-23-21-19-17-15-13-11-9-7-2/h8-11,14-17,20-23,26-29,32-35,37-38,45,47,51,53,57,59,76H,6-7,12-13,18-19,24-25,30-31,36,39-44,46,48-50,52,54-56,58,60-75H2,1-5H3/b10-8-,11-9-,16-14-,17-15-,22-20-,23-21-,28-26-,29-27-,34-32-,35-33-,38-37-,47-45-,53-51-,59-57-. The quantitative estimate of drug-likeness (QED) is 0.0195. The van der Waals surface area contributed by atoms with Gasteiger partial charge in [0.25, 0.3) is 7.82 Å². The predicted molar refractivity (Wildman–Crippen MR) is 378 cm³/mol. The summed E-state index contributed by atoms with van der Waals surface area (Å²) in [5.74, 6) is -0.870. The zero-order valence-corrected chi connectivity index (χ0v) is 57.5. The molecule has 0 aromatic heterocycles. The van der Waals surface area contributed by atoms with E-state index >= 15 is 0 Å². The van der Waals surface area contributed by atoms with Gasteiger partial charge >= 0.3 is 11.9 Å². The van der Waals surface area contributed by atoms with E-state index in [-0.39, 0.29) is 26.1 Å². The summed E-state index contributed by atoms with van der Waals surface area (Å²) in [6.45, 7) is 3.97. The summed E-state index contributed by atoms with van der Waals surface area (Å²) >= 11 is 0. The van der Waals surface area contributed by atoms with E-state index in [2.05, 4.69) is 184 Å². The Labute approximate surface area is 540 Å². The van der Waals surface area contributed by atoms with Gasteiger partial charge in [0.2, 0.25) is 0 Å². The first-order valence-corrected chi connectivity index (χ1v) is 36.3. The first-order chi connectivity index (χ1) is 43.0. The van der Waals surface area contributed by atoms with Gasteiger partial charge < -0.3 is 27.9 Å². The first-order valence-electron chi connectivity index (χ1n) is 34.8. The van der Waals surface area contributed by atoms with Crippen LogP contribution in [0.4, 0.5) is 0 Å². The van der Waals surface area contributed by atoms with E-state index in [0.717, 1.165) is 135 Å². The number of phosphoric acid groups is 1. The zero-order chi connectivity index (χ0) is 64.1. The highest BCUT2D eigenvalue weighted by Gasteiger charge is 2.22. The lowest BCUT2D eigenvalue weighted by Gasteiger charge is -2.28. The molecule has 0 amide bonds. The highest BCUT2D eigenvalue weighted by molar-refractivity contribution is 7.45.